The van der Waals surface area contributed by atoms with Gasteiger partial charge in [-0.1, -0.05) is 41.9 Å². The maximum Gasteiger partial charge on any atom is 0.228 e. The monoisotopic (exact) mass is 342 g/mol. The van der Waals surface area contributed by atoms with E-state index >= 15 is 0 Å². The largest absolute Gasteiger partial charge is 0.352 e. The number of hydrogen-bond donors (Lipinski definition) is 2. The molecule has 1 aliphatic carbocycles. The summed E-state index contributed by atoms with van der Waals surface area (Å²) in [6.45, 7) is 2.39. The SMILES string of the molecule is Cc1ccccc1NC(=O)C1CC1C(=O)NCc1ccc(Cl)cc1. The van der Waals surface area contributed by atoms with Crippen molar-refractivity contribution in [1.82, 2.24) is 5.32 Å². The van der Waals surface area contributed by atoms with Crippen LogP contribution in [-0.2, 0) is 16.1 Å². The molecule has 2 atom stereocenters. The first-order chi connectivity index (χ1) is 11.5. The van der Waals surface area contributed by atoms with Crippen LogP contribution in [-0.4, -0.2) is 11.8 Å². The topological polar surface area (TPSA) is 58.2 Å². The van der Waals surface area contributed by atoms with Crippen molar-refractivity contribution in [3.63, 3.8) is 0 Å². The third-order valence-electron chi connectivity index (χ3n) is 4.25. The van der Waals surface area contributed by atoms with Crippen molar-refractivity contribution in [2.24, 2.45) is 11.8 Å². The van der Waals surface area contributed by atoms with E-state index in [0.29, 0.717) is 18.0 Å². The summed E-state index contributed by atoms with van der Waals surface area (Å²) in [5.74, 6) is -0.637. The Labute approximate surface area is 146 Å². The summed E-state index contributed by atoms with van der Waals surface area (Å²) >= 11 is 5.83. The van der Waals surface area contributed by atoms with Crippen molar-refractivity contribution in [2.75, 3.05) is 5.32 Å². The van der Waals surface area contributed by atoms with Gasteiger partial charge in [0.2, 0.25) is 11.8 Å². The van der Waals surface area contributed by atoms with Gasteiger partial charge < -0.3 is 10.6 Å². The smallest absolute Gasteiger partial charge is 0.228 e. The molecule has 124 valence electrons. The van der Waals surface area contributed by atoms with E-state index in [1.54, 1.807) is 12.1 Å². The lowest BCUT2D eigenvalue weighted by atomic mass is 10.2. The van der Waals surface area contributed by atoms with Gasteiger partial charge in [-0.05, 0) is 42.7 Å². The summed E-state index contributed by atoms with van der Waals surface area (Å²) in [4.78, 5) is 24.4. The highest BCUT2D eigenvalue weighted by Gasteiger charge is 2.47. The fraction of sp³-hybridized carbons (Fsp3) is 0.263. The molecule has 0 spiro atoms. The van der Waals surface area contributed by atoms with Crippen LogP contribution in [0.5, 0.6) is 0 Å². The molecule has 5 heteroatoms. The molecule has 4 nitrogen and oxygen atoms in total. The zero-order valence-corrected chi connectivity index (χ0v) is 14.1. The lowest BCUT2D eigenvalue weighted by Crippen LogP contribution is -2.27. The number of carbonyl (C=O) groups excluding carboxylic acids is 2. The minimum atomic E-state index is -0.241. The number of nitrogens with one attached hydrogen (secondary N) is 2. The first-order valence-corrected chi connectivity index (χ1v) is 8.31. The van der Waals surface area contributed by atoms with Gasteiger partial charge in [-0.25, -0.2) is 0 Å². The van der Waals surface area contributed by atoms with E-state index in [0.717, 1.165) is 16.8 Å². The van der Waals surface area contributed by atoms with Crippen LogP contribution in [0, 0.1) is 18.8 Å². The first-order valence-electron chi connectivity index (χ1n) is 7.93. The molecule has 24 heavy (non-hydrogen) atoms. The van der Waals surface area contributed by atoms with E-state index in [9.17, 15) is 9.59 Å². The van der Waals surface area contributed by atoms with Gasteiger partial charge in [-0.15, -0.1) is 0 Å². The zero-order valence-electron chi connectivity index (χ0n) is 13.4. The van der Waals surface area contributed by atoms with E-state index in [1.165, 1.54) is 0 Å². The summed E-state index contributed by atoms with van der Waals surface area (Å²) in [5, 5.41) is 6.45. The summed E-state index contributed by atoms with van der Waals surface area (Å²) in [7, 11) is 0. The number of hydrogen-bond acceptors (Lipinski definition) is 2. The second-order valence-electron chi connectivity index (χ2n) is 6.10. The van der Waals surface area contributed by atoms with Crippen LogP contribution in [0.1, 0.15) is 17.5 Å². The highest BCUT2D eigenvalue weighted by atomic mass is 35.5. The Morgan fingerprint density at radius 3 is 2.42 bits per heavy atom. The summed E-state index contributed by atoms with van der Waals surface area (Å²) in [6.07, 6.45) is 0.601. The molecular weight excluding hydrogens is 324 g/mol. The quantitative estimate of drug-likeness (QED) is 0.873. The molecule has 3 rings (SSSR count). The van der Waals surface area contributed by atoms with Gasteiger partial charge in [0.1, 0.15) is 0 Å². The number of para-hydroxylation sites is 1. The van der Waals surface area contributed by atoms with Crippen LogP contribution in [0.3, 0.4) is 0 Å². The number of carbonyl (C=O) groups is 2. The molecule has 0 aliphatic heterocycles. The average molecular weight is 343 g/mol. The second kappa shape index (κ2) is 7.05. The molecule has 0 radical (unpaired) electrons. The van der Waals surface area contributed by atoms with Gasteiger partial charge in [-0.2, -0.15) is 0 Å². The third kappa shape index (κ3) is 3.95. The number of halogens is 1. The summed E-state index contributed by atoms with van der Waals surface area (Å²) in [5.41, 5.74) is 2.79. The lowest BCUT2D eigenvalue weighted by molar-refractivity contribution is -0.125. The summed E-state index contributed by atoms with van der Waals surface area (Å²) in [6, 6.07) is 14.9. The molecule has 0 aromatic heterocycles. The van der Waals surface area contributed by atoms with Crippen LogP contribution in [0.25, 0.3) is 0 Å². The number of benzene rings is 2. The predicted octanol–water partition coefficient (Wildman–Crippen LogP) is 3.54. The number of amides is 2. The van der Waals surface area contributed by atoms with Crippen molar-refractivity contribution >= 4 is 29.1 Å². The van der Waals surface area contributed by atoms with Crippen molar-refractivity contribution < 1.29 is 9.59 Å². The van der Waals surface area contributed by atoms with Gasteiger partial charge in [0.15, 0.2) is 0 Å². The highest BCUT2D eigenvalue weighted by Crippen LogP contribution is 2.39. The normalized spacial score (nSPS) is 18.8. The van der Waals surface area contributed by atoms with Gasteiger partial charge in [-0.3, -0.25) is 9.59 Å². The molecule has 2 amide bonds. The highest BCUT2D eigenvalue weighted by molar-refractivity contribution is 6.30. The standard InChI is InChI=1S/C19H19ClN2O2/c1-12-4-2-3-5-17(12)22-19(24)16-10-15(16)18(23)21-11-13-6-8-14(20)9-7-13/h2-9,15-16H,10-11H2,1H3,(H,21,23)(H,22,24). The Morgan fingerprint density at radius 2 is 1.71 bits per heavy atom. The maximum absolute atomic E-state index is 12.2. The molecule has 2 aromatic carbocycles. The Kier molecular flexibility index (Phi) is 4.86. The van der Waals surface area contributed by atoms with Crippen molar-refractivity contribution in [2.45, 2.75) is 19.9 Å². The van der Waals surface area contributed by atoms with Crippen LogP contribution in [0.15, 0.2) is 48.5 Å². The van der Waals surface area contributed by atoms with Gasteiger partial charge >= 0.3 is 0 Å². The molecule has 2 unspecified atom stereocenters. The van der Waals surface area contributed by atoms with Crippen molar-refractivity contribution in [3.05, 3.63) is 64.7 Å². The average Bonchev–Trinajstić information content (AvgIpc) is 3.37. The fourth-order valence-electron chi connectivity index (χ4n) is 2.64. The van der Waals surface area contributed by atoms with E-state index in [4.69, 9.17) is 11.6 Å². The van der Waals surface area contributed by atoms with Crippen molar-refractivity contribution in [1.29, 1.82) is 0 Å². The van der Waals surface area contributed by atoms with Crippen molar-refractivity contribution in [3.8, 4) is 0 Å². The molecule has 1 fully saturated rings. The Balaban J connectivity index is 1.49. The number of anilines is 1. The molecule has 0 saturated heterocycles. The van der Waals surface area contributed by atoms with Gasteiger partial charge in [0, 0.05) is 17.3 Å². The minimum Gasteiger partial charge on any atom is -0.352 e. The molecule has 1 aliphatic rings. The van der Waals surface area contributed by atoms with E-state index in [2.05, 4.69) is 10.6 Å². The maximum atomic E-state index is 12.2. The molecule has 2 aromatic rings. The number of aryl methyl sites for hydroxylation is 1. The van der Waals surface area contributed by atoms with Gasteiger partial charge in [0.25, 0.3) is 0 Å². The van der Waals surface area contributed by atoms with E-state index < -0.39 is 0 Å². The van der Waals surface area contributed by atoms with Gasteiger partial charge in [0.05, 0.1) is 11.8 Å². The molecule has 2 N–H and O–H groups in total. The molecule has 0 heterocycles. The van der Waals surface area contributed by atoms with Crippen LogP contribution < -0.4 is 10.6 Å². The van der Waals surface area contributed by atoms with E-state index in [1.807, 2.05) is 43.3 Å². The third-order valence-corrected chi connectivity index (χ3v) is 4.50. The Bertz CT molecular complexity index is 758. The molecule has 1 saturated carbocycles. The zero-order chi connectivity index (χ0) is 17.1. The van der Waals surface area contributed by atoms with Crippen LogP contribution in [0.2, 0.25) is 5.02 Å². The Morgan fingerprint density at radius 1 is 1.04 bits per heavy atom. The molecular formula is C19H19ClN2O2. The predicted molar refractivity (Wildman–Crippen MR) is 94.7 cm³/mol. The van der Waals surface area contributed by atoms with Crippen LogP contribution >= 0.6 is 11.6 Å². The number of rotatable bonds is 5. The fourth-order valence-corrected chi connectivity index (χ4v) is 2.76. The van der Waals surface area contributed by atoms with Crippen LogP contribution in [0.4, 0.5) is 5.69 Å². The minimum absolute atomic E-state index is 0.0742. The lowest BCUT2D eigenvalue weighted by Gasteiger charge is -2.08. The van der Waals surface area contributed by atoms with E-state index in [-0.39, 0.29) is 23.7 Å². The second-order valence-corrected chi connectivity index (χ2v) is 6.53. The Hall–Kier alpha value is -2.33. The molecule has 0 bridgehead atoms. The first kappa shape index (κ1) is 16.5. The summed E-state index contributed by atoms with van der Waals surface area (Å²) < 4.78 is 0.